The third kappa shape index (κ3) is 2.90. The summed E-state index contributed by atoms with van der Waals surface area (Å²) in [5.74, 6) is 1.46. The summed E-state index contributed by atoms with van der Waals surface area (Å²) in [5.41, 5.74) is 10.3. The SMILES string of the molecule is COc1ccc2nc(-c3ccc(N)cc3)nc(-c3ccccc3)c2c1. The summed E-state index contributed by atoms with van der Waals surface area (Å²) in [4.78, 5) is 9.57. The molecule has 2 N–H and O–H groups in total. The lowest BCUT2D eigenvalue weighted by atomic mass is 10.1. The molecule has 0 saturated carbocycles. The van der Waals surface area contributed by atoms with Crippen LogP contribution in [-0.2, 0) is 0 Å². The molecule has 0 aliphatic heterocycles. The number of benzene rings is 3. The third-order valence-electron chi connectivity index (χ3n) is 4.12. The molecule has 0 amide bonds. The fourth-order valence-electron chi connectivity index (χ4n) is 2.81. The van der Waals surface area contributed by atoms with E-state index in [9.17, 15) is 0 Å². The zero-order valence-corrected chi connectivity index (χ0v) is 13.8. The minimum atomic E-state index is 0.677. The minimum Gasteiger partial charge on any atom is -0.497 e. The molecule has 0 saturated heterocycles. The van der Waals surface area contributed by atoms with E-state index in [0.29, 0.717) is 5.82 Å². The van der Waals surface area contributed by atoms with E-state index in [-0.39, 0.29) is 0 Å². The quantitative estimate of drug-likeness (QED) is 0.561. The largest absolute Gasteiger partial charge is 0.497 e. The number of anilines is 1. The predicted octanol–water partition coefficient (Wildman–Crippen LogP) is 4.55. The number of aromatic nitrogens is 2. The summed E-state index contributed by atoms with van der Waals surface area (Å²) in [5, 5.41) is 0.963. The van der Waals surface area contributed by atoms with Crippen LogP contribution in [0.25, 0.3) is 33.5 Å². The molecule has 0 fully saturated rings. The molecule has 25 heavy (non-hydrogen) atoms. The Kier molecular flexibility index (Phi) is 3.78. The molecule has 1 heterocycles. The summed E-state index contributed by atoms with van der Waals surface area (Å²) >= 11 is 0. The highest BCUT2D eigenvalue weighted by Crippen LogP contribution is 2.31. The van der Waals surface area contributed by atoms with Gasteiger partial charge in [0.05, 0.1) is 18.3 Å². The van der Waals surface area contributed by atoms with Crippen LogP contribution in [0.3, 0.4) is 0 Å². The van der Waals surface area contributed by atoms with Gasteiger partial charge in [0.15, 0.2) is 5.82 Å². The summed E-state index contributed by atoms with van der Waals surface area (Å²) in [6, 6.07) is 23.6. The normalized spacial score (nSPS) is 10.8. The van der Waals surface area contributed by atoms with Gasteiger partial charge >= 0.3 is 0 Å². The number of nitrogens with zero attached hydrogens (tertiary/aromatic N) is 2. The van der Waals surface area contributed by atoms with Gasteiger partial charge in [0.25, 0.3) is 0 Å². The van der Waals surface area contributed by atoms with Crippen LogP contribution in [0, 0.1) is 0 Å². The van der Waals surface area contributed by atoms with Crippen molar-refractivity contribution in [3.05, 3.63) is 72.8 Å². The summed E-state index contributed by atoms with van der Waals surface area (Å²) in [7, 11) is 1.66. The van der Waals surface area contributed by atoms with E-state index >= 15 is 0 Å². The number of hydrogen-bond acceptors (Lipinski definition) is 4. The van der Waals surface area contributed by atoms with Gasteiger partial charge in [-0.3, -0.25) is 0 Å². The molecule has 0 radical (unpaired) electrons. The molecular formula is C21H17N3O. The summed E-state index contributed by atoms with van der Waals surface area (Å²) in [6.07, 6.45) is 0. The van der Waals surface area contributed by atoms with E-state index in [0.717, 1.165) is 39.2 Å². The highest BCUT2D eigenvalue weighted by Gasteiger charge is 2.12. The fraction of sp³-hybridized carbons (Fsp3) is 0.0476. The topological polar surface area (TPSA) is 61.0 Å². The highest BCUT2D eigenvalue weighted by atomic mass is 16.5. The number of nitrogen functional groups attached to an aromatic ring is 1. The Morgan fingerprint density at radius 3 is 2.28 bits per heavy atom. The van der Waals surface area contributed by atoms with E-state index in [1.807, 2.05) is 72.8 Å². The lowest BCUT2D eigenvalue weighted by Crippen LogP contribution is -1.96. The van der Waals surface area contributed by atoms with Crippen molar-refractivity contribution < 1.29 is 4.74 Å². The number of fused-ring (bicyclic) bond motifs is 1. The molecule has 4 aromatic rings. The van der Waals surface area contributed by atoms with Gasteiger partial charge in [-0.05, 0) is 42.5 Å². The summed E-state index contributed by atoms with van der Waals surface area (Å²) in [6.45, 7) is 0. The van der Waals surface area contributed by atoms with Crippen molar-refractivity contribution in [3.63, 3.8) is 0 Å². The third-order valence-corrected chi connectivity index (χ3v) is 4.12. The molecule has 4 heteroatoms. The number of ether oxygens (including phenoxy) is 1. The molecule has 0 unspecified atom stereocenters. The van der Waals surface area contributed by atoms with E-state index in [4.69, 9.17) is 20.4 Å². The average molecular weight is 327 g/mol. The molecule has 122 valence electrons. The maximum Gasteiger partial charge on any atom is 0.160 e. The molecule has 4 rings (SSSR count). The zero-order valence-electron chi connectivity index (χ0n) is 13.8. The molecule has 4 nitrogen and oxygen atoms in total. The van der Waals surface area contributed by atoms with Crippen LogP contribution in [0.15, 0.2) is 72.8 Å². The van der Waals surface area contributed by atoms with Crippen molar-refractivity contribution in [3.8, 4) is 28.4 Å². The van der Waals surface area contributed by atoms with Gasteiger partial charge in [0, 0.05) is 22.2 Å². The first-order chi connectivity index (χ1) is 12.2. The van der Waals surface area contributed by atoms with Crippen LogP contribution >= 0.6 is 0 Å². The van der Waals surface area contributed by atoms with Crippen molar-refractivity contribution in [2.45, 2.75) is 0 Å². The molecule has 0 aliphatic rings. The lowest BCUT2D eigenvalue weighted by molar-refractivity contribution is 0.415. The van der Waals surface area contributed by atoms with Crippen LogP contribution in [0.4, 0.5) is 5.69 Å². The zero-order chi connectivity index (χ0) is 17.2. The summed E-state index contributed by atoms with van der Waals surface area (Å²) < 4.78 is 5.37. The number of rotatable bonds is 3. The first-order valence-electron chi connectivity index (χ1n) is 8.02. The molecule has 3 aromatic carbocycles. The van der Waals surface area contributed by atoms with Crippen molar-refractivity contribution in [2.24, 2.45) is 0 Å². The number of methoxy groups -OCH3 is 1. The van der Waals surface area contributed by atoms with E-state index in [1.54, 1.807) is 7.11 Å². The fourth-order valence-corrected chi connectivity index (χ4v) is 2.81. The Labute approximate surface area is 145 Å². The van der Waals surface area contributed by atoms with Crippen LogP contribution < -0.4 is 10.5 Å². The molecule has 1 aromatic heterocycles. The van der Waals surface area contributed by atoms with Gasteiger partial charge in [0.1, 0.15) is 5.75 Å². The Balaban J connectivity index is 1.99. The average Bonchev–Trinajstić information content (AvgIpc) is 2.68. The van der Waals surface area contributed by atoms with Crippen LogP contribution in [-0.4, -0.2) is 17.1 Å². The van der Waals surface area contributed by atoms with Crippen molar-refractivity contribution in [1.82, 2.24) is 9.97 Å². The van der Waals surface area contributed by atoms with Gasteiger partial charge in [-0.15, -0.1) is 0 Å². The Morgan fingerprint density at radius 1 is 0.800 bits per heavy atom. The van der Waals surface area contributed by atoms with Crippen LogP contribution in [0.2, 0.25) is 0 Å². The molecule has 0 atom stereocenters. The van der Waals surface area contributed by atoms with Crippen molar-refractivity contribution in [1.29, 1.82) is 0 Å². The van der Waals surface area contributed by atoms with E-state index < -0.39 is 0 Å². The number of nitrogens with two attached hydrogens (primary N) is 1. The van der Waals surface area contributed by atoms with Gasteiger partial charge in [-0.1, -0.05) is 30.3 Å². The second kappa shape index (κ2) is 6.24. The Hall–Kier alpha value is -3.40. The van der Waals surface area contributed by atoms with Gasteiger partial charge in [-0.2, -0.15) is 0 Å². The van der Waals surface area contributed by atoms with Gasteiger partial charge in [-0.25, -0.2) is 9.97 Å². The first kappa shape index (κ1) is 15.1. The van der Waals surface area contributed by atoms with E-state index in [1.165, 1.54) is 0 Å². The standard InChI is InChI=1S/C21H17N3O/c1-25-17-11-12-19-18(13-17)20(14-5-3-2-4-6-14)24-21(23-19)15-7-9-16(22)10-8-15/h2-13H,22H2,1H3. The van der Waals surface area contributed by atoms with Gasteiger partial charge in [0.2, 0.25) is 0 Å². The van der Waals surface area contributed by atoms with Crippen LogP contribution in [0.5, 0.6) is 5.75 Å². The monoisotopic (exact) mass is 327 g/mol. The maximum atomic E-state index is 5.79. The first-order valence-corrected chi connectivity index (χ1v) is 8.02. The minimum absolute atomic E-state index is 0.677. The highest BCUT2D eigenvalue weighted by molar-refractivity contribution is 5.94. The van der Waals surface area contributed by atoms with Crippen LogP contribution in [0.1, 0.15) is 0 Å². The van der Waals surface area contributed by atoms with Crippen molar-refractivity contribution >= 4 is 16.6 Å². The van der Waals surface area contributed by atoms with E-state index in [2.05, 4.69) is 0 Å². The second-order valence-corrected chi connectivity index (χ2v) is 5.77. The predicted molar refractivity (Wildman–Crippen MR) is 101 cm³/mol. The maximum absolute atomic E-state index is 5.79. The Bertz CT molecular complexity index is 1030. The Morgan fingerprint density at radius 2 is 1.56 bits per heavy atom. The molecule has 0 aliphatic carbocycles. The molecule has 0 spiro atoms. The lowest BCUT2D eigenvalue weighted by Gasteiger charge is -2.10. The molecular weight excluding hydrogens is 310 g/mol. The van der Waals surface area contributed by atoms with Gasteiger partial charge < -0.3 is 10.5 Å². The number of hydrogen-bond donors (Lipinski definition) is 1. The smallest absolute Gasteiger partial charge is 0.160 e. The van der Waals surface area contributed by atoms with Crippen molar-refractivity contribution in [2.75, 3.05) is 12.8 Å². The second-order valence-electron chi connectivity index (χ2n) is 5.77. The molecule has 0 bridgehead atoms.